The number of nitrogen functional groups attached to an aromatic ring is 1. The normalized spacial score (nSPS) is 9.91. The van der Waals surface area contributed by atoms with Crippen LogP contribution in [-0.2, 0) is 6.42 Å². The van der Waals surface area contributed by atoms with Crippen LogP contribution in [0.1, 0.15) is 23.0 Å². The number of carbonyl (C=O) groups is 1. The number of carboxylic acids is 1. The van der Waals surface area contributed by atoms with E-state index < -0.39 is 5.97 Å². The molecule has 4 nitrogen and oxygen atoms in total. The van der Waals surface area contributed by atoms with Gasteiger partial charge in [-0.25, -0.2) is 4.79 Å². The summed E-state index contributed by atoms with van der Waals surface area (Å²) in [5.74, 6) is -0.992. The average Bonchev–Trinajstić information content (AvgIpc) is 2.30. The van der Waals surface area contributed by atoms with Gasteiger partial charge < -0.3 is 10.8 Å². The van der Waals surface area contributed by atoms with Crippen LogP contribution in [0.2, 0.25) is 0 Å². The lowest BCUT2D eigenvalue weighted by atomic mass is 10.2. The Bertz CT molecular complexity index is 282. The van der Waals surface area contributed by atoms with Crippen molar-refractivity contribution in [3.63, 3.8) is 0 Å². The van der Waals surface area contributed by atoms with Gasteiger partial charge in [-0.3, -0.25) is 0 Å². The monoisotopic (exact) mass is 172 g/mol. The summed E-state index contributed by atoms with van der Waals surface area (Å²) in [6, 6.07) is 0. The van der Waals surface area contributed by atoms with Gasteiger partial charge in [-0.15, -0.1) is 0 Å². The van der Waals surface area contributed by atoms with Gasteiger partial charge >= 0.3 is 5.97 Å². The number of aromatic nitrogens is 1. The van der Waals surface area contributed by atoms with Gasteiger partial charge in [-0.1, -0.05) is 6.92 Å². The molecule has 60 valence electrons. The van der Waals surface area contributed by atoms with Crippen LogP contribution in [-0.4, -0.2) is 15.4 Å². The number of aromatic carboxylic acids is 1. The molecule has 0 unspecified atom stereocenters. The summed E-state index contributed by atoms with van der Waals surface area (Å²) in [7, 11) is 0. The molecule has 0 bridgehead atoms. The van der Waals surface area contributed by atoms with Crippen molar-refractivity contribution in [2.75, 3.05) is 5.73 Å². The average molecular weight is 172 g/mol. The molecule has 1 aromatic rings. The third kappa shape index (κ3) is 1.32. The maximum Gasteiger partial charge on any atom is 0.340 e. The van der Waals surface area contributed by atoms with Crippen LogP contribution >= 0.6 is 11.5 Å². The standard InChI is InChI=1S/C6H8N2O2S/c1-2-3-4(6(9)10)5(7)11-8-3/h2,7H2,1H3,(H,9,10). The Morgan fingerprint density at radius 2 is 2.45 bits per heavy atom. The van der Waals surface area contributed by atoms with Crippen LogP contribution in [0.25, 0.3) is 0 Å². The summed E-state index contributed by atoms with van der Waals surface area (Å²) in [5, 5.41) is 8.94. The molecule has 0 atom stereocenters. The van der Waals surface area contributed by atoms with Gasteiger partial charge in [0.05, 0.1) is 5.69 Å². The molecule has 5 heteroatoms. The van der Waals surface area contributed by atoms with Gasteiger partial charge in [0.1, 0.15) is 10.6 Å². The van der Waals surface area contributed by atoms with Crippen LogP contribution in [0.4, 0.5) is 5.00 Å². The molecule has 1 aromatic heterocycles. The fraction of sp³-hybridized carbons (Fsp3) is 0.333. The van der Waals surface area contributed by atoms with E-state index in [9.17, 15) is 4.79 Å². The molecule has 3 N–H and O–H groups in total. The maximum absolute atomic E-state index is 10.5. The van der Waals surface area contributed by atoms with Crippen molar-refractivity contribution in [1.82, 2.24) is 4.37 Å². The molecule has 0 aromatic carbocycles. The molecule has 0 fully saturated rings. The highest BCUT2D eigenvalue weighted by Crippen LogP contribution is 2.21. The number of nitrogens with two attached hydrogens (primary N) is 1. The lowest BCUT2D eigenvalue weighted by molar-refractivity contribution is 0.0697. The third-order valence-electron chi connectivity index (χ3n) is 1.34. The number of hydrogen-bond donors (Lipinski definition) is 2. The van der Waals surface area contributed by atoms with E-state index in [2.05, 4.69) is 4.37 Å². The van der Waals surface area contributed by atoms with Crippen molar-refractivity contribution in [3.05, 3.63) is 11.3 Å². The molecule has 0 aliphatic heterocycles. The lowest BCUT2D eigenvalue weighted by Crippen LogP contribution is -2.02. The molecule has 0 spiro atoms. The molecule has 1 heterocycles. The highest BCUT2D eigenvalue weighted by Gasteiger charge is 2.16. The Balaban J connectivity index is 3.17. The van der Waals surface area contributed by atoms with Crippen molar-refractivity contribution < 1.29 is 9.90 Å². The molecular weight excluding hydrogens is 164 g/mol. The number of hydrogen-bond acceptors (Lipinski definition) is 4. The zero-order valence-corrected chi connectivity index (χ0v) is 6.81. The van der Waals surface area contributed by atoms with Gasteiger partial charge in [0.2, 0.25) is 0 Å². The number of rotatable bonds is 2. The zero-order chi connectivity index (χ0) is 8.43. The highest BCUT2D eigenvalue weighted by atomic mass is 32.1. The summed E-state index contributed by atoms with van der Waals surface area (Å²) >= 11 is 1.03. The Kier molecular flexibility index (Phi) is 2.09. The predicted octanol–water partition coefficient (Wildman–Crippen LogP) is 0.986. The molecular formula is C6H8N2O2S. The van der Waals surface area contributed by atoms with Crippen LogP contribution in [0.5, 0.6) is 0 Å². The van der Waals surface area contributed by atoms with Crippen molar-refractivity contribution in [2.24, 2.45) is 0 Å². The van der Waals surface area contributed by atoms with E-state index in [0.717, 1.165) is 11.5 Å². The summed E-state index contributed by atoms with van der Waals surface area (Å²) in [6.07, 6.45) is 0.606. The Morgan fingerprint density at radius 1 is 1.82 bits per heavy atom. The maximum atomic E-state index is 10.5. The molecule has 0 saturated carbocycles. The summed E-state index contributed by atoms with van der Waals surface area (Å²) < 4.78 is 3.89. The molecule has 1 rings (SSSR count). The zero-order valence-electron chi connectivity index (χ0n) is 6.00. The van der Waals surface area contributed by atoms with Crippen molar-refractivity contribution in [2.45, 2.75) is 13.3 Å². The van der Waals surface area contributed by atoms with E-state index in [1.807, 2.05) is 6.92 Å². The van der Waals surface area contributed by atoms with E-state index in [-0.39, 0.29) is 10.6 Å². The number of aryl methyl sites for hydroxylation is 1. The van der Waals surface area contributed by atoms with Crippen molar-refractivity contribution in [1.29, 1.82) is 0 Å². The molecule has 0 amide bonds. The SMILES string of the molecule is CCc1nsc(N)c1C(=O)O. The lowest BCUT2D eigenvalue weighted by Gasteiger charge is -1.92. The fourth-order valence-electron chi connectivity index (χ4n) is 0.808. The third-order valence-corrected chi connectivity index (χ3v) is 2.05. The minimum atomic E-state index is -0.992. The minimum Gasteiger partial charge on any atom is -0.478 e. The first-order chi connectivity index (χ1) is 5.16. The quantitative estimate of drug-likeness (QED) is 0.697. The molecule has 0 saturated heterocycles. The minimum absolute atomic E-state index is 0.164. The van der Waals surface area contributed by atoms with Crippen LogP contribution in [0.3, 0.4) is 0 Å². The summed E-state index contributed by atoms with van der Waals surface area (Å²) in [4.78, 5) is 10.5. The first kappa shape index (κ1) is 8.00. The largest absolute Gasteiger partial charge is 0.478 e. The Hall–Kier alpha value is -1.10. The van der Waals surface area contributed by atoms with E-state index >= 15 is 0 Å². The second-order valence-corrected chi connectivity index (χ2v) is 2.83. The number of carboxylic acid groups (broad SMARTS) is 1. The molecule has 0 radical (unpaired) electrons. The topological polar surface area (TPSA) is 76.2 Å². The Labute approximate surface area is 67.8 Å². The van der Waals surface area contributed by atoms with Gasteiger partial charge in [0.15, 0.2) is 0 Å². The summed E-state index contributed by atoms with van der Waals surface area (Å²) in [5.41, 5.74) is 6.13. The van der Waals surface area contributed by atoms with Gasteiger partial charge in [0, 0.05) is 0 Å². The second kappa shape index (κ2) is 2.87. The van der Waals surface area contributed by atoms with Crippen LogP contribution in [0.15, 0.2) is 0 Å². The van der Waals surface area contributed by atoms with E-state index in [1.165, 1.54) is 0 Å². The fourth-order valence-corrected chi connectivity index (χ4v) is 1.53. The van der Waals surface area contributed by atoms with E-state index in [4.69, 9.17) is 10.8 Å². The number of nitrogens with zero attached hydrogens (tertiary/aromatic N) is 1. The molecule has 0 aliphatic carbocycles. The van der Waals surface area contributed by atoms with Gasteiger partial charge in [-0.2, -0.15) is 4.37 Å². The Morgan fingerprint density at radius 3 is 2.82 bits per heavy atom. The van der Waals surface area contributed by atoms with E-state index in [1.54, 1.807) is 0 Å². The van der Waals surface area contributed by atoms with Gasteiger partial charge in [0.25, 0.3) is 0 Å². The summed E-state index contributed by atoms with van der Waals surface area (Å²) in [6.45, 7) is 1.85. The number of anilines is 1. The first-order valence-corrected chi connectivity index (χ1v) is 3.91. The van der Waals surface area contributed by atoms with Gasteiger partial charge in [-0.05, 0) is 18.0 Å². The van der Waals surface area contributed by atoms with Crippen molar-refractivity contribution >= 4 is 22.5 Å². The van der Waals surface area contributed by atoms with Crippen molar-refractivity contribution in [3.8, 4) is 0 Å². The second-order valence-electron chi connectivity index (χ2n) is 2.03. The van der Waals surface area contributed by atoms with Crippen LogP contribution in [0, 0.1) is 0 Å². The highest BCUT2D eigenvalue weighted by molar-refractivity contribution is 7.10. The van der Waals surface area contributed by atoms with Crippen LogP contribution < -0.4 is 5.73 Å². The van der Waals surface area contributed by atoms with E-state index in [0.29, 0.717) is 12.1 Å². The molecule has 0 aliphatic rings. The predicted molar refractivity (Wildman–Crippen MR) is 42.9 cm³/mol. The smallest absolute Gasteiger partial charge is 0.340 e. The molecule has 11 heavy (non-hydrogen) atoms. The first-order valence-electron chi connectivity index (χ1n) is 3.14.